The maximum atomic E-state index is 6.09. The molecule has 0 radical (unpaired) electrons. The molecular formula is C16H17BrClNO2. The normalized spacial score (nSPS) is 12.0. The number of nitrogens with one attached hydrogen (secondary N) is 1. The molecule has 0 saturated heterocycles. The van der Waals surface area contributed by atoms with Crippen LogP contribution in [0.5, 0.6) is 11.5 Å². The van der Waals surface area contributed by atoms with Crippen LogP contribution in [0.15, 0.2) is 40.9 Å². The lowest BCUT2D eigenvalue weighted by molar-refractivity contribution is 0.404. The Morgan fingerprint density at radius 2 is 1.76 bits per heavy atom. The van der Waals surface area contributed by atoms with E-state index in [9.17, 15) is 0 Å². The highest BCUT2D eigenvalue weighted by atomic mass is 79.9. The largest absolute Gasteiger partial charge is 0.496 e. The molecule has 0 aliphatic carbocycles. The van der Waals surface area contributed by atoms with E-state index in [1.165, 1.54) is 0 Å². The summed E-state index contributed by atoms with van der Waals surface area (Å²) in [6.45, 7) is 0. The molecule has 0 spiro atoms. The second-order valence-corrected chi connectivity index (χ2v) is 5.82. The monoisotopic (exact) mass is 369 g/mol. The number of ether oxygens (including phenoxy) is 2. The minimum absolute atomic E-state index is 0.0146. The molecule has 0 amide bonds. The number of benzene rings is 2. The molecule has 0 heterocycles. The van der Waals surface area contributed by atoms with Gasteiger partial charge >= 0.3 is 0 Å². The van der Waals surface area contributed by atoms with Gasteiger partial charge in [0.2, 0.25) is 0 Å². The summed E-state index contributed by atoms with van der Waals surface area (Å²) in [6, 6.07) is 11.7. The van der Waals surface area contributed by atoms with Crippen LogP contribution in [0.25, 0.3) is 0 Å². The van der Waals surface area contributed by atoms with Gasteiger partial charge in [-0.2, -0.15) is 0 Å². The van der Waals surface area contributed by atoms with E-state index >= 15 is 0 Å². The highest BCUT2D eigenvalue weighted by Crippen LogP contribution is 2.35. The topological polar surface area (TPSA) is 30.5 Å². The van der Waals surface area contributed by atoms with Crippen LogP contribution in [0, 0.1) is 0 Å². The number of hydrogen-bond donors (Lipinski definition) is 1. The summed E-state index contributed by atoms with van der Waals surface area (Å²) in [5, 5.41) is 3.90. The van der Waals surface area contributed by atoms with E-state index in [1.54, 1.807) is 14.2 Å². The lowest BCUT2D eigenvalue weighted by Gasteiger charge is -2.21. The summed E-state index contributed by atoms with van der Waals surface area (Å²) in [5.41, 5.74) is 2.10. The zero-order valence-electron chi connectivity index (χ0n) is 12.1. The number of halogens is 2. The Balaban J connectivity index is 2.49. The molecule has 2 aromatic rings. The van der Waals surface area contributed by atoms with Gasteiger partial charge in [0, 0.05) is 10.0 Å². The Morgan fingerprint density at radius 1 is 1.05 bits per heavy atom. The zero-order chi connectivity index (χ0) is 15.4. The fraction of sp³-hybridized carbons (Fsp3) is 0.250. The van der Waals surface area contributed by atoms with Crippen molar-refractivity contribution < 1.29 is 9.47 Å². The van der Waals surface area contributed by atoms with E-state index in [0.29, 0.717) is 10.8 Å². The van der Waals surface area contributed by atoms with Gasteiger partial charge in [0.15, 0.2) is 0 Å². The molecule has 1 atom stereocenters. The lowest BCUT2D eigenvalue weighted by Crippen LogP contribution is -2.18. The molecule has 5 heteroatoms. The molecule has 1 N–H and O–H groups in total. The van der Waals surface area contributed by atoms with Crippen LogP contribution in [0.3, 0.4) is 0 Å². The van der Waals surface area contributed by atoms with Crippen molar-refractivity contribution in [3.8, 4) is 11.5 Å². The molecule has 2 rings (SSSR count). The third kappa shape index (κ3) is 3.51. The van der Waals surface area contributed by atoms with Crippen molar-refractivity contribution in [2.24, 2.45) is 0 Å². The van der Waals surface area contributed by atoms with Crippen molar-refractivity contribution in [3.63, 3.8) is 0 Å². The third-order valence-corrected chi connectivity index (χ3v) is 4.11. The van der Waals surface area contributed by atoms with Gasteiger partial charge in [0.1, 0.15) is 11.5 Å². The molecule has 0 saturated carbocycles. The molecule has 0 fully saturated rings. The van der Waals surface area contributed by atoms with E-state index < -0.39 is 0 Å². The molecule has 21 heavy (non-hydrogen) atoms. The highest BCUT2D eigenvalue weighted by molar-refractivity contribution is 9.10. The van der Waals surface area contributed by atoms with Crippen molar-refractivity contribution in [3.05, 3.63) is 57.0 Å². The standard InChI is InChI=1S/C16H17BrClNO2/c1-19-16(10-4-7-13(18)15(8-10)21-3)12-6-5-11(17)9-14(12)20-2/h4-9,16,19H,1-3H3. The number of methoxy groups -OCH3 is 2. The second kappa shape index (κ2) is 7.16. The Morgan fingerprint density at radius 3 is 2.38 bits per heavy atom. The van der Waals surface area contributed by atoms with Crippen LogP contribution in [-0.4, -0.2) is 21.3 Å². The first-order valence-corrected chi connectivity index (χ1v) is 7.62. The Labute approximate surface area is 138 Å². The molecule has 0 aliphatic heterocycles. The SMILES string of the molecule is CNC(c1ccc(Cl)c(OC)c1)c1ccc(Br)cc1OC. The van der Waals surface area contributed by atoms with Crippen molar-refractivity contribution in [1.29, 1.82) is 0 Å². The van der Waals surface area contributed by atoms with Gasteiger partial charge in [-0.3, -0.25) is 0 Å². The van der Waals surface area contributed by atoms with Gasteiger partial charge in [0.05, 0.1) is 25.3 Å². The maximum Gasteiger partial charge on any atom is 0.137 e. The fourth-order valence-corrected chi connectivity index (χ4v) is 2.82. The zero-order valence-corrected chi connectivity index (χ0v) is 14.5. The van der Waals surface area contributed by atoms with Crippen LogP contribution in [0.1, 0.15) is 17.2 Å². The van der Waals surface area contributed by atoms with E-state index in [0.717, 1.165) is 21.3 Å². The first kappa shape index (κ1) is 16.1. The van der Waals surface area contributed by atoms with Crippen molar-refractivity contribution >= 4 is 27.5 Å². The molecule has 2 aromatic carbocycles. The van der Waals surface area contributed by atoms with Gasteiger partial charge in [-0.1, -0.05) is 39.7 Å². The maximum absolute atomic E-state index is 6.09. The van der Waals surface area contributed by atoms with Crippen molar-refractivity contribution in [2.45, 2.75) is 6.04 Å². The van der Waals surface area contributed by atoms with Crippen LogP contribution >= 0.6 is 27.5 Å². The Bertz CT molecular complexity index is 634. The van der Waals surface area contributed by atoms with E-state index in [1.807, 2.05) is 43.4 Å². The second-order valence-electron chi connectivity index (χ2n) is 4.50. The molecule has 0 aliphatic rings. The van der Waals surface area contributed by atoms with Crippen LogP contribution in [0.4, 0.5) is 0 Å². The third-order valence-electron chi connectivity index (χ3n) is 3.30. The molecule has 0 bridgehead atoms. The molecular weight excluding hydrogens is 354 g/mol. The average Bonchev–Trinajstić information content (AvgIpc) is 2.50. The summed E-state index contributed by atoms with van der Waals surface area (Å²) in [6.07, 6.45) is 0. The minimum atomic E-state index is -0.0146. The van der Waals surface area contributed by atoms with E-state index in [2.05, 4.69) is 21.2 Å². The van der Waals surface area contributed by atoms with Crippen LogP contribution in [-0.2, 0) is 0 Å². The van der Waals surface area contributed by atoms with Crippen LogP contribution < -0.4 is 14.8 Å². The highest BCUT2D eigenvalue weighted by Gasteiger charge is 2.18. The first-order valence-electron chi connectivity index (χ1n) is 6.44. The van der Waals surface area contributed by atoms with Gasteiger partial charge in [-0.25, -0.2) is 0 Å². The number of hydrogen-bond acceptors (Lipinski definition) is 3. The van der Waals surface area contributed by atoms with Crippen LogP contribution in [0.2, 0.25) is 5.02 Å². The van der Waals surface area contributed by atoms with Gasteiger partial charge in [-0.05, 0) is 36.9 Å². The summed E-state index contributed by atoms with van der Waals surface area (Å²) in [7, 11) is 5.19. The summed E-state index contributed by atoms with van der Waals surface area (Å²) in [4.78, 5) is 0. The molecule has 112 valence electrons. The summed E-state index contributed by atoms with van der Waals surface area (Å²) < 4.78 is 11.8. The first-order chi connectivity index (χ1) is 10.1. The minimum Gasteiger partial charge on any atom is -0.496 e. The van der Waals surface area contributed by atoms with Gasteiger partial charge in [0.25, 0.3) is 0 Å². The Kier molecular flexibility index (Phi) is 5.51. The van der Waals surface area contributed by atoms with Gasteiger partial charge in [-0.15, -0.1) is 0 Å². The lowest BCUT2D eigenvalue weighted by atomic mass is 9.98. The number of rotatable bonds is 5. The predicted molar refractivity (Wildman–Crippen MR) is 89.6 cm³/mol. The quantitative estimate of drug-likeness (QED) is 0.844. The molecule has 1 unspecified atom stereocenters. The summed E-state index contributed by atoms with van der Waals surface area (Å²) >= 11 is 9.55. The molecule has 3 nitrogen and oxygen atoms in total. The van der Waals surface area contributed by atoms with E-state index in [-0.39, 0.29) is 6.04 Å². The van der Waals surface area contributed by atoms with Gasteiger partial charge < -0.3 is 14.8 Å². The molecule has 0 aromatic heterocycles. The Hall–Kier alpha value is -1.23. The predicted octanol–water partition coefficient (Wildman–Crippen LogP) is 4.43. The smallest absolute Gasteiger partial charge is 0.137 e. The van der Waals surface area contributed by atoms with Crippen molar-refractivity contribution in [2.75, 3.05) is 21.3 Å². The fourth-order valence-electron chi connectivity index (χ4n) is 2.28. The average molecular weight is 371 g/mol. The van der Waals surface area contributed by atoms with E-state index in [4.69, 9.17) is 21.1 Å². The van der Waals surface area contributed by atoms with Crippen molar-refractivity contribution in [1.82, 2.24) is 5.32 Å². The summed E-state index contributed by atoms with van der Waals surface area (Å²) in [5.74, 6) is 1.48.